The fraction of sp³-hybridized carbons (Fsp3) is 0.316. The van der Waals surface area contributed by atoms with E-state index in [0.29, 0.717) is 0 Å². The molecule has 3 heterocycles. The first kappa shape index (κ1) is 17.7. The Hall–Kier alpha value is -2.71. The van der Waals surface area contributed by atoms with Crippen molar-refractivity contribution in [2.75, 3.05) is 31.2 Å². The van der Waals surface area contributed by atoms with Gasteiger partial charge in [-0.25, -0.2) is 10.4 Å². The minimum Gasteiger partial charge on any atom is -0.378 e. The summed E-state index contributed by atoms with van der Waals surface area (Å²) in [7, 11) is 0. The number of carbonyl (C=O) groups excluding carboxylic acids is 1. The number of hydrazone groups is 1. The Morgan fingerprint density at radius 3 is 2.81 bits per heavy atom. The molecular weight excluding hydrogens is 362 g/mol. The number of benzene rings is 1. The Balaban J connectivity index is 1.35. The van der Waals surface area contributed by atoms with E-state index >= 15 is 0 Å². The van der Waals surface area contributed by atoms with Gasteiger partial charge in [-0.2, -0.15) is 5.10 Å². The SMILES string of the molecule is C/C(=N\NC(=O)Cc1cn2ccsc2n1)c1ccc(N2CCOCC2)cc1. The zero-order valence-electron chi connectivity index (χ0n) is 15.1. The number of nitrogens with zero attached hydrogens (tertiary/aromatic N) is 4. The zero-order chi connectivity index (χ0) is 18.6. The van der Waals surface area contributed by atoms with Gasteiger partial charge in [0.25, 0.3) is 0 Å². The highest BCUT2D eigenvalue weighted by Gasteiger charge is 2.11. The minimum atomic E-state index is -0.176. The van der Waals surface area contributed by atoms with Crippen LogP contribution in [0.2, 0.25) is 0 Å². The number of aromatic nitrogens is 2. The van der Waals surface area contributed by atoms with Crippen LogP contribution in [-0.2, 0) is 16.0 Å². The van der Waals surface area contributed by atoms with Crippen molar-refractivity contribution in [3.05, 3.63) is 53.3 Å². The molecule has 1 saturated heterocycles. The van der Waals surface area contributed by atoms with Crippen LogP contribution in [0.3, 0.4) is 0 Å². The lowest BCUT2D eigenvalue weighted by Crippen LogP contribution is -2.36. The molecular formula is C19H21N5O2S. The molecule has 1 amide bonds. The molecule has 4 rings (SSSR count). The molecule has 2 aromatic heterocycles. The van der Waals surface area contributed by atoms with Crippen molar-refractivity contribution in [1.82, 2.24) is 14.8 Å². The first-order chi connectivity index (χ1) is 13.2. The number of carbonyl (C=O) groups is 1. The van der Waals surface area contributed by atoms with E-state index in [0.717, 1.165) is 48.2 Å². The van der Waals surface area contributed by atoms with Crippen LogP contribution in [0.4, 0.5) is 5.69 Å². The van der Waals surface area contributed by atoms with Crippen molar-refractivity contribution in [3.63, 3.8) is 0 Å². The first-order valence-corrected chi connectivity index (χ1v) is 9.74. The highest BCUT2D eigenvalue weighted by Crippen LogP contribution is 2.17. The molecule has 0 atom stereocenters. The number of hydrogen-bond donors (Lipinski definition) is 1. The predicted molar refractivity (Wildman–Crippen MR) is 107 cm³/mol. The van der Waals surface area contributed by atoms with Crippen LogP contribution in [0.1, 0.15) is 18.2 Å². The fourth-order valence-electron chi connectivity index (χ4n) is 3.01. The van der Waals surface area contributed by atoms with E-state index in [9.17, 15) is 4.79 Å². The van der Waals surface area contributed by atoms with Gasteiger partial charge >= 0.3 is 0 Å². The van der Waals surface area contributed by atoms with Gasteiger partial charge in [-0.1, -0.05) is 12.1 Å². The van der Waals surface area contributed by atoms with E-state index < -0.39 is 0 Å². The lowest BCUT2D eigenvalue weighted by atomic mass is 10.1. The molecule has 1 N–H and O–H groups in total. The topological polar surface area (TPSA) is 71.2 Å². The van der Waals surface area contributed by atoms with Gasteiger partial charge < -0.3 is 9.64 Å². The number of nitrogens with one attached hydrogen (secondary N) is 1. The third-order valence-corrected chi connectivity index (χ3v) is 5.27. The van der Waals surface area contributed by atoms with Crippen LogP contribution in [0.5, 0.6) is 0 Å². The number of imidazole rings is 1. The summed E-state index contributed by atoms with van der Waals surface area (Å²) in [6.45, 7) is 5.24. The maximum Gasteiger partial charge on any atom is 0.246 e. The molecule has 140 valence electrons. The summed E-state index contributed by atoms with van der Waals surface area (Å²) in [5.74, 6) is -0.176. The number of anilines is 1. The number of morpholine rings is 1. The Bertz CT molecular complexity index is 926. The summed E-state index contributed by atoms with van der Waals surface area (Å²) in [4.78, 5) is 19.7. The van der Waals surface area contributed by atoms with E-state index in [1.165, 1.54) is 5.69 Å². The van der Waals surface area contributed by atoms with E-state index in [4.69, 9.17) is 4.74 Å². The average Bonchev–Trinajstić information content (AvgIpc) is 3.28. The van der Waals surface area contributed by atoms with Crippen molar-refractivity contribution in [3.8, 4) is 0 Å². The maximum absolute atomic E-state index is 12.1. The molecule has 0 spiro atoms. The summed E-state index contributed by atoms with van der Waals surface area (Å²) < 4.78 is 7.30. The van der Waals surface area contributed by atoms with Crippen LogP contribution in [-0.4, -0.2) is 47.3 Å². The number of ether oxygens (including phenoxy) is 1. The van der Waals surface area contributed by atoms with Crippen LogP contribution in [0, 0.1) is 0 Å². The van der Waals surface area contributed by atoms with Crippen LogP contribution < -0.4 is 10.3 Å². The second-order valence-corrected chi connectivity index (χ2v) is 7.25. The lowest BCUT2D eigenvalue weighted by Gasteiger charge is -2.28. The Labute approximate surface area is 161 Å². The lowest BCUT2D eigenvalue weighted by molar-refractivity contribution is -0.120. The molecule has 7 nitrogen and oxygen atoms in total. The van der Waals surface area contributed by atoms with Crippen molar-refractivity contribution >= 4 is 33.6 Å². The number of thiazole rings is 1. The smallest absolute Gasteiger partial charge is 0.246 e. The molecule has 3 aromatic rings. The van der Waals surface area contributed by atoms with Gasteiger partial charge in [-0.05, 0) is 24.6 Å². The van der Waals surface area contributed by atoms with E-state index in [2.05, 4.69) is 32.5 Å². The van der Waals surface area contributed by atoms with Gasteiger partial charge in [0.1, 0.15) is 0 Å². The molecule has 27 heavy (non-hydrogen) atoms. The van der Waals surface area contributed by atoms with Gasteiger partial charge in [0, 0.05) is 36.6 Å². The molecule has 0 saturated carbocycles. The normalized spacial score (nSPS) is 15.3. The highest BCUT2D eigenvalue weighted by molar-refractivity contribution is 7.15. The summed E-state index contributed by atoms with van der Waals surface area (Å²) in [6, 6.07) is 8.22. The second-order valence-electron chi connectivity index (χ2n) is 6.38. The van der Waals surface area contributed by atoms with Crippen molar-refractivity contribution < 1.29 is 9.53 Å². The third-order valence-electron chi connectivity index (χ3n) is 4.49. The molecule has 1 aliphatic heterocycles. The Morgan fingerprint density at radius 1 is 1.30 bits per heavy atom. The van der Waals surface area contributed by atoms with Crippen molar-refractivity contribution in [2.45, 2.75) is 13.3 Å². The monoisotopic (exact) mass is 383 g/mol. The van der Waals surface area contributed by atoms with E-state index in [1.807, 2.05) is 41.2 Å². The third kappa shape index (κ3) is 4.17. The van der Waals surface area contributed by atoms with Gasteiger partial charge in [-0.15, -0.1) is 11.3 Å². The molecule has 1 aromatic carbocycles. The summed E-state index contributed by atoms with van der Waals surface area (Å²) in [6.07, 6.45) is 4.00. The minimum absolute atomic E-state index is 0.176. The van der Waals surface area contributed by atoms with Crippen molar-refractivity contribution in [1.29, 1.82) is 0 Å². The molecule has 0 bridgehead atoms. The molecule has 1 fully saturated rings. The summed E-state index contributed by atoms with van der Waals surface area (Å²) in [5.41, 5.74) is 6.29. The first-order valence-electron chi connectivity index (χ1n) is 8.86. The number of fused-ring (bicyclic) bond motifs is 1. The van der Waals surface area contributed by atoms with Gasteiger partial charge in [0.15, 0.2) is 4.96 Å². The van der Waals surface area contributed by atoms with E-state index in [1.54, 1.807) is 11.3 Å². The molecule has 1 aliphatic rings. The van der Waals surface area contributed by atoms with Crippen LogP contribution in [0.15, 0.2) is 47.1 Å². The molecule has 0 aliphatic carbocycles. The summed E-state index contributed by atoms with van der Waals surface area (Å²) in [5, 5.41) is 6.19. The molecule has 0 radical (unpaired) electrons. The number of rotatable bonds is 5. The Kier molecular flexibility index (Phi) is 5.17. The standard InChI is InChI=1S/C19H21N5O2S/c1-14(15-2-4-17(5-3-15)23-6-9-26-10-7-23)21-22-18(25)12-16-13-24-8-11-27-19(24)20-16/h2-5,8,11,13H,6-7,9-10,12H2,1H3,(H,22,25)/b21-14+. The number of amides is 1. The van der Waals surface area contributed by atoms with Crippen molar-refractivity contribution in [2.24, 2.45) is 5.10 Å². The van der Waals surface area contributed by atoms with Gasteiger partial charge in [0.05, 0.1) is 31.0 Å². The fourth-order valence-corrected chi connectivity index (χ4v) is 3.73. The zero-order valence-corrected chi connectivity index (χ0v) is 15.9. The van der Waals surface area contributed by atoms with Crippen LogP contribution >= 0.6 is 11.3 Å². The Morgan fingerprint density at radius 2 is 2.07 bits per heavy atom. The quantitative estimate of drug-likeness (QED) is 0.542. The molecule has 0 unspecified atom stereocenters. The highest BCUT2D eigenvalue weighted by atomic mass is 32.1. The van der Waals surface area contributed by atoms with Gasteiger partial charge in [0.2, 0.25) is 5.91 Å². The average molecular weight is 383 g/mol. The van der Waals surface area contributed by atoms with Crippen LogP contribution in [0.25, 0.3) is 4.96 Å². The summed E-state index contributed by atoms with van der Waals surface area (Å²) >= 11 is 1.54. The predicted octanol–water partition coefficient (Wildman–Crippen LogP) is 2.32. The number of hydrogen-bond acceptors (Lipinski definition) is 6. The molecule has 8 heteroatoms. The maximum atomic E-state index is 12.1. The second kappa shape index (κ2) is 7.89. The van der Waals surface area contributed by atoms with E-state index in [-0.39, 0.29) is 12.3 Å². The van der Waals surface area contributed by atoms with Gasteiger partial charge in [-0.3, -0.25) is 9.20 Å². The largest absolute Gasteiger partial charge is 0.378 e.